The van der Waals surface area contributed by atoms with Crippen LogP contribution < -0.4 is 4.90 Å². The van der Waals surface area contributed by atoms with E-state index >= 15 is 0 Å². The Morgan fingerprint density at radius 2 is 1.59 bits per heavy atom. The lowest BCUT2D eigenvalue weighted by Gasteiger charge is -2.45. The Hall–Kier alpha value is -1.71. The zero-order chi connectivity index (χ0) is 16.5. The molecule has 2 rings (SSSR count). The maximum atomic E-state index is 12.4. The van der Waals surface area contributed by atoms with Crippen molar-refractivity contribution in [1.29, 1.82) is 0 Å². The number of carbonyl (C=O) groups excluding carboxylic acids is 1. The summed E-state index contributed by atoms with van der Waals surface area (Å²) in [6.45, 7) is 13.6. The van der Waals surface area contributed by atoms with Crippen molar-refractivity contribution in [3.05, 3.63) is 29.8 Å². The Morgan fingerprint density at radius 3 is 2.05 bits per heavy atom. The summed E-state index contributed by atoms with van der Waals surface area (Å²) < 4.78 is 5.54. The summed E-state index contributed by atoms with van der Waals surface area (Å²) >= 11 is 0. The highest BCUT2D eigenvalue weighted by molar-refractivity contribution is 5.69. The van der Waals surface area contributed by atoms with Gasteiger partial charge >= 0.3 is 6.09 Å². The van der Waals surface area contributed by atoms with E-state index in [2.05, 4.69) is 49.9 Å². The highest BCUT2D eigenvalue weighted by Crippen LogP contribution is 2.24. The molecule has 1 aromatic rings. The van der Waals surface area contributed by atoms with Gasteiger partial charge in [0, 0.05) is 18.8 Å². The average molecular weight is 304 g/mol. The molecule has 1 heterocycles. The number of nitrogens with zero attached hydrogens (tertiary/aromatic N) is 2. The van der Waals surface area contributed by atoms with E-state index in [0.717, 1.165) is 13.1 Å². The van der Waals surface area contributed by atoms with Gasteiger partial charge in [-0.05, 0) is 53.7 Å². The highest BCUT2D eigenvalue weighted by Gasteiger charge is 2.35. The number of anilines is 1. The third-order valence-corrected chi connectivity index (χ3v) is 3.92. The fraction of sp³-hybridized carbons (Fsp3) is 0.611. The van der Waals surface area contributed by atoms with Crippen LogP contribution in [-0.2, 0) is 4.74 Å². The third-order valence-electron chi connectivity index (χ3n) is 3.92. The fourth-order valence-electron chi connectivity index (χ4n) is 2.96. The minimum Gasteiger partial charge on any atom is -0.444 e. The van der Waals surface area contributed by atoms with Crippen LogP contribution in [0.3, 0.4) is 0 Å². The van der Waals surface area contributed by atoms with E-state index in [9.17, 15) is 4.79 Å². The van der Waals surface area contributed by atoms with Crippen molar-refractivity contribution in [2.45, 2.75) is 59.2 Å². The van der Waals surface area contributed by atoms with E-state index < -0.39 is 5.60 Å². The van der Waals surface area contributed by atoms with Crippen molar-refractivity contribution in [2.75, 3.05) is 18.0 Å². The SMILES string of the molecule is Cc1ccc(N2CC(C)N(C(=O)OC(C)(C)C)C(C)C2)cc1. The molecule has 0 aromatic heterocycles. The minimum absolute atomic E-state index is 0.125. The molecule has 0 saturated carbocycles. The number of benzene rings is 1. The molecule has 1 aromatic carbocycles. The van der Waals surface area contributed by atoms with Gasteiger partial charge in [-0.2, -0.15) is 0 Å². The number of piperazine rings is 1. The first kappa shape index (κ1) is 16.7. The van der Waals surface area contributed by atoms with E-state index in [1.165, 1.54) is 11.3 Å². The van der Waals surface area contributed by atoms with Crippen LogP contribution in [0.4, 0.5) is 10.5 Å². The quantitative estimate of drug-likeness (QED) is 0.790. The van der Waals surface area contributed by atoms with Crippen LogP contribution in [0.15, 0.2) is 24.3 Å². The van der Waals surface area contributed by atoms with Gasteiger partial charge in [0.2, 0.25) is 0 Å². The Kier molecular flexibility index (Phi) is 4.69. The summed E-state index contributed by atoms with van der Waals surface area (Å²) in [6, 6.07) is 8.81. The molecule has 1 fully saturated rings. The maximum absolute atomic E-state index is 12.4. The summed E-state index contributed by atoms with van der Waals surface area (Å²) in [4.78, 5) is 16.6. The first-order valence-corrected chi connectivity index (χ1v) is 8.00. The topological polar surface area (TPSA) is 32.8 Å². The molecule has 2 unspecified atom stereocenters. The standard InChI is InChI=1S/C18H28N2O2/c1-13-7-9-16(10-8-13)19-11-14(2)20(15(3)12-19)17(21)22-18(4,5)6/h7-10,14-15H,11-12H2,1-6H3. The van der Waals surface area contributed by atoms with Crippen LogP contribution in [0.5, 0.6) is 0 Å². The molecule has 0 radical (unpaired) electrons. The largest absolute Gasteiger partial charge is 0.444 e. The van der Waals surface area contributed by atoms with Gasteiger partial charge < -0.3 is 9.64 Å². The number of carbonyl (C=O) groups is 1. The molecule has 122 valence electrons. The van der Waals surface area contributed by atoms with E-state index in [1.54, 1.807) is 0 Å². The number of hydrogen-bond acceptors (Lipinski definition) is 3. The summed E-state index contributed by atoms with van der Waals surface area (Å²) in [5, 5.41) is 0. The van der Waals surface area contributed by atoms with Crippen molar-refractivity contribution in [1.82, 2.24) is 4.90 Å². The van der Waals surface area contributed by atoms with Crippen LogP contribution in [0.25, 0.3) is 0 Å². The fourth-order valence-corrected chi connectivity index (χ4v) is 2.96. The predicted molar refractivity (Wildman–Crippen MR) is 90.4 cm³/mol. The zero-order valence-electron chi connectivity index (χ0n) is 14.6. The first-order valence-electron chi connectivity index (χ1n) is 8.00. The van der Waals surface area contributed by atoms with E-state index in [-0.39, 0.29) is 18.2 Å². The molecule has 0 aliphatic carbocycles. The molecule has 4 nitrogen and oxygen atoms in total. The van der Waals surface area contributed by atoms with Crippen LogP contribution in [0.2, 0.25) is 0 Å². The molecule has 0 bridgehead atoms. The normalized spacial score (nSPS) is 22.6. The molecular weight excluding hydrogens is 276 g/mol. The number of hydrogen-bond donors (Lipinski definition) is 0. The molecule has 1 aliphatic heterocycles. The number of ether oxygens (including phenoxy) is 1. The Morgan fingerprint density at radius 1 is 1.09 bits per heavy atom. The van der Waals surface area contributed by atoms with Crippen molar-refractivity contribution >= 4 is 11.8 Å². The Balaban J connectivity index is 2.08. The summed E-state index contributed by atoms with van der Waals surface area (Å²) in [5.41, 5.74) is 2.02. The van der Waals surface area contributed by atoms with Gasteiger partial charge in [0.1, 0.15) is 5.60 Å². The molecule has 4 heteroatoms. The molecule has 0 N–H and O–H groups in total. The summed E-state index contributed by atoms with van der Waals surface area (Å²) in [7, 11) is 0. The molecule has 0 spiro atoms. The minimum atomic E-state index is -0.454. The third kappa shape index (κ3) is 3.93. The van der Waals surface area contributed by atoms with Crippen LogP contribution in [0.1, 0.15) is 40.2 Å². The second-order valence-electron chi connectivity index (χ2n) is 7.33. The van der Waals surface area contributed by atoms with Crippen molar-refractivity contribution in [3.63, 3.8) is 0 Å². The van der Waals surface area contributed by atoms with Gasteiger partial charge in [-0.3, -0.25) is 4.90 Å². The molecule has 1 aliphatic rings. The smallest absolute Gasteiger partial charge is 0.410 e. The van der Waals surface area contributed by atoms with Crippen LogP contribution in [0, 0.1) is 6.92 Å². The number of amides is 1. The van der Waals surface area contributed by atoms with E-state index in [1.807, 2.05) is 25.7 Å². The van der Waals surface area contributed by atoms with Gasteiger partial charge in [0.25, 0.3) is 0 Å². The van der Waals surface area contributed by atoms with Crippen molar-refractivity contribution in [3.8, 4) is 0 Å². The monoisotopic (exact) mass is 304 g/mol. The molecule has 1 saturated heterocycles. The first-order chi connectivity index (χ1) is 10.2. The lowest BCUT2D eigenvalue weighted by molar-refractivity contribution is 0.00566. The van der Waals surface area contributed by atoms with Crippen molar-refractivity contribution in [2.24, 2.45) is 0 Å². The zero-order valence-corrected chi connectivity index (χ0v) is 14.6. The average Bonchev–Trinajstić information content (AvgIpc) is 2.36. The van der Waals surface area contributed by atoms with Gasteiger partial charge in [0.05, 0.1) is 12.1 Å². The van der Waals surface area contributed by atoms with Gasteiger partial charge in [-0.15, -0.1) is 0 Å². The molecule has 22 heavy (non-hydrogen) atoms. The van der Waals surface area contributed by atoms with Gasteiger partial charge in [-0.1, -0.05) is 17.7 Å². The molecular formula is C18H28N2O2. The molecule has 2 atom stereocenters. The van der Waals surface area contributed by atoms with Gasteiger partial charge in [-0.25, -0.2) is 4.79 Å². The number of rotatable bonds is 1. The highest BCUT2D eigenvalue weighted by atomic mass is 16.6. The number of aryl methyl sites for hydroxylation is 1. The predicted octanol–water partition coefficient (Wildman–Crippen LogP) is 3.83. The van der Waals surface area contributed by atoms with Crippen molar-refractivity contribution < 1.29 is 9.53 Å². The van der Waals surface area contributed by atoms with Crippen LogP contribution >= 0.6 is 0 Å². The Labute approximate surface area is 134 Å². The summed E-state index contributed by atoms with van der Waals surface area (Å²) in [6.07, 6.45) is -0.212. The van der Waals surface area contributed by atoms with Crippen LogP contribution in [-0.4, -0.2) is 41.8 Å². The lowest BCUT2D eigenvalue weighted by Crippen LogP contribution is -2.59. The van der Waals surface area contributed by atoms with E-state index in [0.29, 0.717) is 0 Å². The maximum Gasteiger partial charge on any atom is 0.410 e. The lowest BCUT2D eigenvalue weighted by atomic mass is 10.1. The van der Waals surface area contributed by atoms with E-state index in [4.69, 9.17) is 4.74 Å². The van der Waals surface area contributed by atoms with Gasteiger partial charge in [0.15, 0.2) is 0 Å². The molecule has 1 amide bonds. The second kappa shape index (κ2) is 6.19. The Bertz CT molecular complexity index is 507. The summed E-state index contributed by atoms with van der Waals surface area (Å²) in [5.74, 6) is 0. The second-order valence-corrected chi connectivity index (χ2v) is 7.33.